The van der Waals surface area contributed by atoms with Gasteiger partial charge in [0, 0.05) is 4.47 Å². The van der Waals surface area contributed by atoms with Crippen molar-refractivity contribution in [3.63, 3.8) is 0 Å². The van der Waals surface area contributed by atoms with Crippen LogP contribution in [0, 0.1) is 5.82 Å². The minimum absolute atomic E-state index is 0.0458. The predicted octanol–water partition coefficient (Wildman–Crippen LogP) is 2.22. The Bertz CT molecular complexity index is 365. The van der Waals surface area contributed by atoms with Gasteiger partial charge in [-0.3, -0.25) is 4.79 Å². The Morgan fingerprint density at radius 1 is 1.64 bits per heavy atom. The fourth-order valence-electron chi connectivity index (χ4n) is 1.03. The topological polar surface area (TPSA) is 46.5 Å². The minimum Gasteiger partial charge on any atom is -0.494 e. The predicted molar refractivity (Wildman–Crippen MR) is 52.0 cm³/mol. The molecule has 0 atom stereocenters. The second-order valence-corrected chi connectivity index (χ2v) is 3.50. The molecule has 0 unspecified atom stereocenters. The number of benzene rings is 1. The van der Waals surface area contributed by atoms with Crippen molar-refractivity contribution in [3.8, 4) is 5.75 Å². The van der Waals surface area contributed by atoms with E-state index in [-0.39, 0.29) is 12.2 Å². The minimum atomic E-state index is -0.973. The van der Waals surface area contributed by atoms with E-state index in [1.165, 1.54) is 19.2 Å². The van der Waals surface area contributed by atoms with Crippen LogP contribution < -0.4 is 4.74 Å². The van der Waals surface area contributed by atoms with Gasteiger partial charge in [0.05, 0.1) is 13.5 Å². The number of halogens is 2. The van der Waals surface area contributed by atoms with Gasteiger partial charge in [-0.2, -0.15) is 0 Å². The molecule has 0 bridgehead atoms. The van der Waals surface area contributed by atoms with Crippen LogP contribution in [-0.2, 0) is 11.2 Å². The molecule has 0 spiro atoms. The van der Waals surface area contributed by atoms with E-state index in [0.29, 0.717) is 10.0 Å². The van der Waals surface area contributed by atoms with Crippen molar-refractivity contribution in [2.75, 3.05) is 7.11 Å². The lowest BCUT2D eigenvalue weighted by Crippen LogP contribution is -2.02. The second kappa shape index (κ2) is 4.41. The van der Waals surface area contributed by atoms with Crippen LogP contribution in [0.25, 0.3) is 0 Å². The van der Waals surface area contributed by atoms with Gasteiger partial charge in [-0.05, 0) is 17.7 Å². The number of hydrogen-bond donors (Lipinski definition) is 1. The van der Waals surface area contributed by atoms with Crippen molar-refractivity contribution in [2.45, 2.75) is 6.42 Å². The lowest BCUT2D eigenvalue weighted by atomic mass is 10.1. The molecule has 0 aliphatic heterocycles. The average molecular weight is 263 g/mol. The van der Waals surface area contributed by atoms with Gasteiger partial charge in [-0.15, -0.1) is 0 Å². The number of ether oxygens (including phenoxy) is 1. The molecular formula is C9H8BrFO3. The highest BCUT2D eigenvalue weighted by molar-refractivity contribution is 9.10. The molecule has 3 nitrogen and oxygen atoms in total. The van der Waals surface area contributed by atoms with E-state index in [1.54, 1.807) is 0 Å². The highest BCUT2D eigenvalue weighted by Gasteiger charge is 2.10. The van der Waals surface area contributed by atoms with Gasteiger partial charge in [-0.25, -0.2) is 4.39 Å². The molecule has 0 radical (unpaired) electrons. The van der Waals surface area contributed by atoms with Gasteiger partial charge in [0.25, 0.3) is 0 Å². The Balaban J connectivity index is 3.10. The van der Waals surface area contributed by atoms with Gasteiger partial charge in [0.2, 0.25) is 0 Å². The molecule has 1 aromatic carbocycles. The molecule has 1 rings (SSSR count). The molecule has 1 aromatic rings. The summed E-state index contributed by atoms with van der Waals surface area (Å²) in [6, 6.07) is 2.56. The zero-order valence-corrected chi connectivity index (χ0v) is 8.97. The maximum Gasteiger partial charge on any atom is 0.307 e. The molecule has 0 saturated heterocycles. The van der Waals surface area contributed by atoms with E-state index < -0.39 is 11.8 Å². The summed E-state index contributed by atoms with van der Waals surface area (Å²) in [7, 11) is 1.33. The van der Waals surface area contributed by atoms with Crippen LogP contribution >= 0.6 is 15.9 Å². The van der Waals surface area contributed by atoms with Crippen molar-refractivity contribution < 1.29 is 19.0 Å². The van der Waals surface area contributed by atoms with Crippen molar-refractivity contribution >= 4 is 21.9 Å². The largest absolute Gasteiger partial charge is 0.494 e. The van der Waals surface area contributed by atoms with Crippen LogP contribution in [0.1, 0.15) is 5.56 Å². The molecule has 0 amide bonds. The Kier molecular flexibility index (Phi) is 3.46. The normalized spacial score (nSPS) is 9.93. The van der Waals surface area contributed by atoms with Crippen LogP contribution in [0.5, 0.6) is 5.75 Å². The maximum atomic E-state index is 13.1. The highest BCUT2D eigenvalue weighted by atomic mass is 79.9. The fraction of sp³-hybridized carbons (Fsp3) is 0.222. The van der Waals surface area contributed by atoms with Gasteiger partial charge < -0.3 is 9.84 Å². The lowest BCUT2D eigenvalue weighted by molar-refractivity contribution is -0.136. The number of aliphatic carboxylic acids is 1. The molecular weight excluding hydrogens is 255 g/mol. The summed E-state index contributed by atoms with van der Waals surface area (Å²) >= 11 is 3.08. The fourth-order valence-corrected chi connectivity index (χ4v) is 1.48. The molecule has 0 aliphatic rings. The number of carboxylic acids is 1. The molecule has 76 valence electrons. The first kappa shape index (κ1) is 11.0. The number of methoxy groups -OCH3 is 1. The van der Waals surface area contributed by atoms with E-state index in [9.17, 15) is 9.18 Å². The smallest absolute Gasteiger partial charge is 0.307 e. The molecule has 0 fully saturated rings. The van der Waals surface area contributed by atoms with Crippen molar-refractivity contribution in [1.82, 2.24) is 0 Å². The van der Waals surface area contributed by atoms with Crippen LogP contribution in [0.2, 0.25) is 0 Å². The van der Waals surface area contributed by atoms with Gasteiger partial charge in [0.1, 0.15) is 0 Å². The summed E-state index contributed by atoms with van der Waals surface area (Å²) in [5.41, 5.74) is 0.482. The molecule has 5 heteroatoms. The Labute approximate surface area is 88.6 Å². The van der Waals surface area contributed by atoms with Gasteiger partial charge in [-0.1, -0.05) is 15.9 Å². The maximum absolute atomic E-state index is 13.1. The second-order valence-electron chi connectivity index (χ2n) is 2.65. The number of carboxylic acid groups (broad SMARTS) is 1. The van der Waals surface area contributed by atoms with Crippen LogP contribution in [0.4, 0.5) is 4.39 Å². The summed E-state index contributed by atoms with van der Waals surface area (Å²) in [6.07, 6.45) is -0.169. The number of hydrogen-bond acceptors (Lipinski definition) is 2. The molecule has 0 aromatic heterocycles. The monoisotopic (exact) mass is 262 g/mol. The summed E-state index contributed by atoms with van der Waals surface area (Å²) in [5, 5.41) is 8.57. The van der Waals surface area contributed by atoms with Gasteiger partial charge >= 0.3 is 5.97 Å². The zero-order chi connectivity index (χ0) is 10.7. The third-order valence-corrected chi connectivity index (χ3v) is 2.40. The Morgan fingerprint density at radius 2 is 2.29 bits per heavy atom. The van der Waals surface area contributed by atoms with Crippen LogP contribution in [-0.4, -0.2) is 18.2 Å². The first-order valence-corrected chi connectivity index (χ1v) is 4.57. The Morgan fingerprint density at radius 3 is 2.79 bits per heavy atom. The van der Waals surface area contributed by atoms with Crippen LogP contribution in [0.15, 0.2) is 16.6 Å². The zero-order valence-electron chi connectivity index (χ0n) is 7.38. The molecule has 14 heavy (non-hydrogen) atoms. The lowest BCUT2D eigenvalue weighted by Gasteiger charge is -2.06. The SMILES string of the molecule is COc1cc(CC(=O)O)c(Br)cc1F. The van der Waals surface area contributed by atoms with E-state index in [0.717, 1.165) is 0 Å². The third kappa shape index (κ3) is 2.45. The van der Waals surface area contributed by atoms with E-state index in [1.807, 2.05) is 0 Å². The molecule has 0 saturated carbocycles. The van der Waals surface area contributed by atoms with Crippen molar-refractivity contribution in [3.05, 3.63) is 28.0 Å². The number of rotatable bonds is 3. The van der Waals surface area contributed by atoms with Crippen LogP contribution in [0.3, 0.4) is 0 Å². The summed E-state index contributed by atoms with van der Waals surface area (Å²) in [4.78, 5) is 10.5. The standard InChI is InChI=1S/C9H8BrFO3/c1-14-8-2-5(3-9(12)13)6(10)4-7(8)11/h2,4H,3H2,1H3,(H,12,13). The summed E-state index contributed by atoms with van der Waals surface area (Å²) in [6.45, 7) is 0. The van der Waals surface area contributed by atoms with E-state index >= 15 is 0 Å². The van der Waals surface area contributed by atoms with Crippen molar-refractivity contribution in [2.24, 2.45) is 0 Å². The molecule has 0 heterocycles. The summed E-state index contributed by atoms with van der Waals surface area (Å²) in [5.74, 6) is -1.45. The quantitative estimate of drug-likeness (QED) is 0.909. The number of carbonyl (C=O) groups is 1. The van der Waals surface area contributed by atoms with E-state index in [2.05, 4.69) is 15.9 Å². The summed E-state index contributed by atoms with van der Waals surface area (Å²) < 4.78 is 18.2. The average Bonchev–Trinajstić information content (AvgIpc) is 2.09. The Hall–Kier alpha value is -1.10. The molecule has 0 aliphatic carbocycles. The van der Waals surface area contributed by atoms with Crippen molar-refractivity contribution in [1.29, 1.82) is 0 Å². The third-order valence-electron chi connectivity index (χ3n) is 1.66. The van der Waals surface area contributed by atoms with E-state index in [4.69, 9.17) is 9.84 Å². The van der Waals surface area contributed by atoms with Gasteiger partial charge in [0.15, 0.2) is 11.6 Å². The first-order chi connectivity index (χ1) is 6.54. The highest BCUT2D eigenvalue weighted by Crippen LogP contribution is 2.26. The first-order valence-electron chi connectivity index (χ1n) is 3.78. The molecule has 1 N–H and O–H groups in total.